The maximum absolute atomic E-state index is 11.6. The summed E-state index contributed by atoms with van der Waals surface area (Å²) in [6.45, 7) is 2.78. The molecular weight excluding hydrogens is 282 g/mol. The molecule has 0 aliphatic heterocycles. The first-order valence-corrected chi connectivity index (χ1v) is 7.39. The first-order chi connectivity index (χ1) is 9.15. The van der Waals surface area contributed by atoms with Gasteiger partial charge in [0.1, 0.15) is 10.6 Å². The number of anilines is 2. The van der Waals surface area contributed by atoms with Crippen LogP contribution in [0.5, 0.6) is 0 Å². The number of nitrogens with zero attached hydrogens (tertiary/aromatic N) is 1. The van der Waals surface area contributed by atoms with Gasteiger partial charge in [-0.05, 0) is 30.1 Å². The summed E-state index contributed by atoms with van der Waals surface area (Å²) in [4.78, 5) is 14.2. The molecule has 0 radical (unpaired) electrons. The van der Waals surface area contributed by atoms with Gasteiger partial charge in [-0.3, -0.25) is 0 Å². The van der Waals surface area contributed by atoms with E-state index in [0.29, 0.717) is 17.1 Å². The molecule has 2 rings (SSSR count). The zero-order chi connectivity index (χ0) is 13.8. The summed E-state index contributed by atoms with van der Waals surface area (Å²) in [5.41, 5.74) is 5.99. The molecule has 0 bridgehead atoms. The number of rotatable bonds is 5. The van der Waals surface area contributed by atoms with Crippen LogP contribution in [0.3, 0.4) is 0 Å². The van der Waals surface area contributed by atoms with E-state index in [1.165, 1.54) is 28.4 Å². The summed E-state index contributed by atoms with van der Waals surface area (Å²) >= 11 is 2.92. The fraction of sp³-hybridized carbons (Fsp3) is 0.333. The van der Waals surface area contributed by atoms with E-state index in [9.17, 15) is 4.79 Å². The Morgan fingerprint density at radius 2 is 2.21 bits per heavy atom. The third kappa shape index (κ3) is 3.05. The number of carbonyl (C=O) groups excluding carboxylic acids is 1. The highest BCUT2D eigenvalue weighted by molar-refractivity contribution is 7.12. The van der Waals surface area contributed by atoms with Gasteiger partial charge in [-0.15, -0.1) is 11.3 Å². The van der Waals surface area contributed by atoms with E-state index in [-0.39, 0.29) is 5.82 Å². The zero-order valence-electron chi connectivity index (χ0n) is 10.7. The van der Waals surface area contributed by atoms with Gasteiger partial charge >= 0.3 is 5.97 Å². The van der Waals surface area contributed by atoms with Crippen molar-refractivity contribution in [3.63, 3.8) is 0 Å². The number of methoxy groups -OCH3 is 1. The van der Waals surface area contributed by atoms with Crippen LogP contribution in [0.4, 0.5) is 10.8 Å². The SMILES string of the molecule is CCc1ccc(CNc2snc(N)c2C(=O)OC)s1. The van der Waals surface area contributed by atoms with E-state index in [4.69, 9.17) is 10.5 Å². The third-order valence-corrected chi connectivity index (χ3v) is 4.65. The molecule has 19 heavy (non-hydrogen) atoms. The molecule has 7 heteroatoms. The number of hydrogen-bond donors (Lipinski definition) is 2. The Balaban J connectivity index is 2.09. The van der Waals surface area contributed by atoms with Crippen molar-refractivity contribution in [1.29, 1.82) is 0 Å². The van der Waals surface area contributed by atoms with Crippen LogP contribution in [0.2, 0.25) is 0 Å². The summed E-state index contributed by atoms with van der Waals surface area (Å²) in [6, 6.07) is 4.20. The molecule has 0 unspecified atom stereocenters. The van der Waals surface area contributed by atoms with Crippen LogP contribution in [0, 0.1) is 0 Å². The minimum atomic E-state index is -0.464. The van der Waals surface area contributed by atoms with Gasteiger partial charge in [-0.2, -0.15) is 4.37 Å². The molecule has 0 spiro atoms. The smallest absolute Gasteiger partial charge is 0.344 e. The van der Waals surface area contributed by atoms with Gasteiger partial charge in [0.2, 0.25) is 0 Å². The molecule has 0 atom stereocenters. The lowest BCUT2D eigenvalue weighted by Gasteiger charge is -2.04. The van der Waals surface area contributed by atoms with E-state index in [0.717, 1.165) is 6.42 Å². The van der Waals surface area contributed by atoms with Crippen LogP contribution in [-0.2, 0) is 17.7 Å². The Labute approximate surface area is 119 Å². The predicted octanol–water partition coefficient (Wildman–Crippen LogP) is 2.75. The van der Waals surface area contributed by atoms with Gasteiger partial charge in [0.05, 0.1) is 13.7 Å². The topological polar surface area (TPSA) is 77.2 Å². The van der Waals surface area contributed by atoms with Crippen molar-refractivity contribution < 1.29 is 9.53 Å². The number of thiophene rings is 1. The fourth-order valence-corrected chi connectivity index (χ4v) is 3.19. The number of hydrogen-bond acceptors (Lipinski definition) is 7. The van der Waals surface area contributed by atoms with Gasteiger partial charge in [0.25, 0.3) is 0 Å². The fourth-order valence-electron chi connectivity index (χ4n) is 1.60. The predicted molar refractivity (Wildman–Crippen MR) is 78.9 cm³/mol. The summed E-state index contributed by atoms with van der Waals surface area (Å²) < 4.78 is 8.68. The lowest BCUT2D eigenvalue weighted by molar-refractivity contribution is 0.0603. The van der Waals surface area contributed by atoms with Crippen LogP contribution >= 0.6 is 22.9 Å². The minimum Gasteiger partial charge on any atom is -0.465 e. The monoisotopic (exact) mass is 297 g/mol. The van der Waals surface area contributed by atoms with Crippen molar-refractivity contribution in [2.24, 2.45) is 0 Å². The van der Waals surface area contributed by atoms with E-state index >= 15 is 0 Å². The molecule has 2 aromatic rings. The molecule has 0 saturated heterocycles. The molecule has 3 N–H and O–H groups in total. The van der Waals surface area contributed by atoms with Crippen molar-refractivity contribution in [1.82, 2.24) is 4.37 Å². The number of carbonyl (C=O) groups is 1. The summed E-state index contributed by atoms with van der Waals surface area (Å²) in [5.74, 6) is -0.256. The number of nitrogens with two attached hydrogens (primary N) is 1. The van der Waals surface area contributed by atoms with Crippen molar-refractivity contribution >= 4 is 39.7 Å². The van der Waals surface area contributed by atoms with E-state index in [1.807, 2.05) is 0 Å². The van der Waals surface area contributed by atoms with Crippen molar-refractivity contribution in [3.05, 3.63) is 27.5 Å². The molecule has 102 valence electrons. The normalized spacial score (nSPS) is 10.4. The van der Waals surface area contributed by atoms with Crippen molar-refractivity contribution in [2.45, 2.75) is 19.9 Å². The number of ether oxygens (including phenoxy) is 1. The lowest BCUT2D eigenvalue weighted by Crippen LogP contribution is -2.07. The molecule has 0 aromatic carbocycles. The Hall–Kier alpha value is -1.60. The summed E-state index contributed by atoms with van der Waals surface area (Å²) in [5, 5.41) is 3.84. The standard InChI is InChI=1S/C12H15N3O2S2/c1-3-7-4-5-8(18-7)6-14-11-9(12(16)17-2)10(13)15-19-11/h4-5,14H,3,6H2,1-2H3,(H2,13,15). The van der Waals surface area contributed by atoms with Gasteiger partial charge in [-0.1, -0.05) is 6.92 Å². The van der Waals surface area contributed by atoms with E-state index < -0.39 is 5.97 Å². The Morgan fingerprint density at radius 1 is 1.47 bits per heavy atom. The van der Waals surface area contributed by atoms with E-state index in [2.05, 4.69) is 28.7 Å². The second-order valence-electron chi connectivity index (χ2n) is 3.84. The average molecular weight is 297 g/mol. The highest BCUT2D eigenvalue weighted by Gasteiger charge is 2.19. The quantitative estimate of drug-likeness (QED) is 0.830. The summed E-state index contributed by atoms with van der Waals surface area (Å²) in [7, 11) is 1.33. The Morgan fingerprint density at radius 3 is 2.84 bits per heavy atom. The van der Waals surface area contributed by atoms with Gasteiger partial charge < -0.3 is 15.8 Å². The molecule has 0 aliphatic rings. The van der Waals surface area contributed by atoms with Crippen LogP contribution in [0.1, 0.15) is 27.0 Å². The van der Waals surface area contributed by atoms with Crippen molar-refractivity contribution in [2.75, 3.05) is 18.2 Å². The molecule has 0 amide bonds. The average Bonchev–Trinajstić information content (AvgIpc) is 3.02. The minimum absolute atomic E-state index is 0.208. The largest absolute Gasteiger partial charge is 0.465 e. The molecule has 0 aliphatic carbocycles. The number of nitrogen functional groups attached to an aromatic ring is 1. The number of aryl methyl sites for hydroxylation is 1. The van der Waals surface area contributed by atoms with Crippen molar-refractivity contribution in [3.8, 4) is 0 Å². The van der Waals surface area contributed by atoms with Gasteiger partial charge in [0, 0.05) is 9.75 Å². The number of nitrogens with one attached hydrogen (secondary N) is 1. The van der Waals surface area contributed by atoms with Crippen LogP contribution in [0.15, 0.2) is 12.1 Å². The maximum Gasteiger partial charge on any atom is 0.344 e. The molecule has 0 fully saturated rings. The van der Waals surface area contributed by atoms with Gasteiger partial charge in [0.15, 0.2) is 5.82 Å². The van der Waals surface area contributed by atoms with Crippen LogP contribution in [0.25, 0.3) is 0 Å². The third-order valence-electron chi connectivity index (χ3n) is 2.60. The second-order valence-corrected chi connectivity index (χ2v) is 5.86. The highest BCUT2D eigenvalue weighted by Crippen LogP contribution is 2.28. The maximum atomic E-state index is 11.6. The van der Waals surface area contributed by atoms with E-state index in [1.54, 1.807) is 11.3 Å². The second kappa shape index (κ2) is 6.03. The first kappa shape index (κ1) is 13.8. The lowest BCUT2D eigenvalue weighted by atomic mass is 10.3. The first-order valence-electron chi connectivity index (χ1n) is 5.80. The molecule has 0 saturated carbocycles. The van der Waals surface area contributed by atoms with Crippen LogP contribution in [-0.4, -0.2) is 17.5 Å². The summed E-state index contributed by atoms with van der Waals surface area (Å²) in [6.07, 6.45) is 1.03. The zero-order valence-corrected chi connectivity index (χ0v) is 12.4. The molecule has 2 heterocycles. The molecule has 2 aromatic heterocycles. The molecule has 5 nitrogen and oxygen atoms in total. The number of esters is 1. The highest BCUT2D eigenvalue weighted by atomic mass is 32.1. The Bertz CT molecular complexity index is 577. The van der Waals surface area contributed by atoms with Crippen LogP contribution < -0.4 is 11.1 Å². The number of aromatic nitrogens is 1. The van der Waals surface area contributed by atoms with Gasteiger partial charge in [-0.25, -0.2) is 4.79 Å². The molecular formula is C12H15N3O2S2. The Kier molecular flexibility index (Phi) is 4.39.